The molecule has 0 spiro atoms. The summed E-state index contributed by atoms with van der Waals surface area (Å²) in [5, 5.41) is 20.0. The molecule has 0 radical (unpaired) electrons. The highest BCUT2D eigenvalue weighted by atomic mass is 32.1. The number of Topliss-reactive ketones (excluding diaryl/α,β-unsaturated/α-hetero) is 1. The fourth-order valence-corrected chi connectivity index (χ4v) is 2.55. The van der Waals surface area contributed by atoms with Gasteiger partial charge in [0.25, 0.3) is 5.91 Å². The molecule has 12 heteroatoms. The Labute approximate surface area is 153 Å². The highest BCUT2D eigenvalue weighted by Gasteiger charge is 2.45. The van der Waals surface area contributed by atoms with Crippen molar-refractivity contribution in [2.45, 2.75) is 43.8 Å². The van der Waals surface area contributed by atoms with Gasteiger partial charge in [0.2, 0.25) is 11.8 Å². The summed E-state index contributed by atoms with van der Waals surface area (Å²) in [4.78, 5) is 70.3. The topological polar surface area (TPSA) is 184 Å². The number of hydrogen-bond acceptors (Lipinski definition) is 8. The second kappa shape index (κ2) is 9.29. The second-order valence-electron chi connectivity index (χ2n) is 5.60. The fraction of sp³-hybridized carbons (Fsp3) is 0.571. The van der Waals surface area contributed by atoms with Gasteiger partial charge in [-0.05, 0) is 6.42 Å². The fourth-order valence-electron chi connectivity index (χ4n) is 2.30. The number of carbonyl (C=O) groups excluding carboxylic acids is 4. The van der Waals surface area contributed by atoms with Crippen LogP contribution in [0.5, 0.6) is 0 Å². The summed E-state index contributed by atoms with van der Waals surface area (Å²) < 4.78 is 0. The quantitative estimate of drug-likeness (QED) is 0.226. The highest BCUT2D eigenvalue weighted by molar-refractivity contribution is 7.80. The predicted molar refractivity (Wildman–Crippen MR) is 88.1 cm³/mol. The van der Waals surface area contributed by atoms with Gasteiger partial charge in [0.15, 0.2) is 11.8 Å². The molecule has 1 saturated heterocycles. The van der Waals surface area contributed by atoms with Crippen molar-refractivity contribution in [3.8, 4) is 0 Å². The maximum atomic E-state index is 12.5. The molecule has 1 fully saturated rings. The van der Waals surface area contributed by atoms with Crippen LogP contribution in [-0.4, -0.2) is 74.4 Å². The van der Waals surface area contributed by atoms with E-state index in [4.69, 9.17) is 15.9 Å². The number of carboxylic acid groups (broad SMARTS) is 2. The maximum Gasteiger partial charge on any atom is 0.334 e. The van der Waals surface area contributed by atoms with Crippen LogP contribution in [0.2, 0.25) is 0 Å². The first-order valence-electron chi connectivity index (χ1n) is 7.60. The van der Waals surface area contributed by atoms with Crippen LogP contribution in [0.25, 0.3) is 0 Å². The Hall–Kier alpha value is -2.47. The number of piperidine rings is 1. The third-order valence-corrected chi connectivity index (χ3v) is 4.07. The summed E-state index contributed by atoms with van der Waals surface area (Å²) in [5.41, 5.74) is 5.27. The van der Waals surface area contributed by atoms with Crippen molar-refractivity contribution in [3.63, 3.8) is 0 Å². The number of hydrogen-bond donors (Lipinski definition) is 5. The van der Waals surface area contributed by atoms with E-state index in [2.05, 4.69) is 17.9 Å². The number of carboxylic acids is 2. The molecule has 1 aliphatic heterocycles. The molecular formula is C14H19N3O8S. The number of likely N-dealkylation sites (tertiary alicyclic amines) is 1. The van der Waals surface area contributed by atoms with Gasteiger partial charge >= 0.3 is 11.9 Å². The van der Waals surface area contributed by atoms with Crippen molar-refractivity contribution in [2.75, 3.05) is 5.75 Å². The molecule has 0 aromatic heterocycles. The Kier molecular flexibility index (Phi) is 7.71. The number of ketones is 1. The zero-order valence-corrected chi connectivity index (χ0v) is 14.5. The van der Waals surface area contributed by atoms with Crippen molar-refractivity contribution in [2.24, 2.45) is 5.73 Å². The normalized spacial score (nSPS) is 19.6. The number of rotatable bonds is 8. The number of thiol groups is 1. The molecule has 26 heavy (non-hydrogen) atoms. The van der Waals surface area contributed by atoms with E-state index in [-0.39, 0.29) is 31.4 Å². The molecule has 0 saturated carbocycles. The van der Waals surface area contributed by atoms with E-state index in [0.717, 1.165) is 0 Å². The lowest BCUT2D eigenvalue weighted by atomic mass is 9.99. The van der Waals surface area contributed by atoms with E-state index in [1.165, 1.54) is 0 Å². The summed E-state index contributed by atoms with van der Waals surface area (Å²) in [6, 6.07) is -4.56. The lowest BCUT2D eigenvalue weighted by molar-refractivity contribution is -0.165. The van der Waals surface area contributed by atoms with Crippen molar-refractivity contribution in [1.82, 2.24) is 10.2 Å². The average molecular weight is 389 g/mol. The van der Waals surface area contributed by atoms with Crippen LogP contribution in [0.1, 0.15) is 25.7 Å². The van der Waals surface area contributed by atoms with Crippen molar-refractivity contribution in [3.05, 3.63) is 0 Å². The monoisotopic (exact) mass is 389 g/mol. The molecule has 0 bridgehead atoms. The van der Waals surface area contributed by atoms with Crippen molar-refractivity contribution < 1.29 is 39.0 Å². The van der Waals surface area contributed by atoms with Gasteiger partial charge in [-0.3, -0.25) is 28.9 Å². The molecule has 1 aliphatic rings. The van der Waals surface area contributed by atoms with E-state index in [1.54, 1.807) is 0 Å². The summed E-state index contributed by atoms with van der Waals surface area (Å²) in [7, 11) is 0. The molecule has 1 rings (SSSR count). The van der Waals surface area contributed by atoms with Gasteiger partial charge in [-0.15, -0.1) is 0 Å². The Morgan fingerprint density at radius 2 is 1.85 bits per heavy atom. The van der Waals surface area contributed by atoms with Crippen molar-refractivity contribution >= 4 is 48.1 Å². The third kappa shape index (κ3) is 5.26. The summed E-state index contributed by atoms with van der Waals surface area (Å²) in [5.74, 6) is -6.62. The van der Waals surface area contributed by atoms with E-state index < -0.39 is 53.6 Å². The molecule has 5 N–H and O–H groups in total. The van der Waals surface area contributed by atoms with Crippen LogP contribution >= 0.6 is 12.6 Å². The molecular weight excluding hydrogens is 370 g/mol. The van der Waals surface area contributed by atoms with Gasteiger partial charge in [0.1, 0.15) is 12.1 Å². The minimum absolute atomic E-state index is 0.187. The minimum atomic E-state index is -1.94. The molecule has 11 nitrogen and oxygen atoms in total. The predicted octanol–water partition coefficient (Wildman–Crippen LogP) is -2.24. The molecule has 3 atom stereocenters. The smallest absolute Gasteiger partial charge is 0.334 e. The lowest BCUT2D eigenvalue weighted by Crippen LogP contribution is -2.61. The average Bonchev–Trinajstić information content (AvgIpc) is 2.58. The van der Waals surface area contributed by atoms with Crippen molar-refractivity contribution in [1.29, 1.82) is 0 Å². The van der Waals surface area contributed by atoms with Crippen LogP contribution in [0.3, 0.4) is 0 Å². The molecule has 144 valence electrons. The van der Waals surface area contributed by atoms with Gasteiger partial charge in [-0.2, -0.15) is 12.6 Å². The number of carbonyl (C=O) groups is 6. The number of amides is 3. The first-order chi connectivity index (χ1) is 12.1. The van der Waals surface area contributed by atoms with Gasteiger partial charge < -0.3 is 21.3 Å². The van der Waals surface area contributed by atoms with Gasteiger partial charge in [0.05, 0.1) is 0 Å². The zero-order chi connectivity index (χ0) is 20.0. The third-order valence-electron chi connectivity index (χ3n) is 3.70. The minimum Gasteiger partial charge on any atom is -0.480 e. The van der Waals surface area contributed by atoms with Gasteiger partial charge in [-0.25, -0.2) is 4.79 Å². The van der Waals surface area contributed by atoms with E-state index in [1.807, 2.05) is 0 Å². The Balaban J connectivity index is 2.84. The van der Waals surface area contributed by atoms with Crippen LogP contribution in [0, 0.1) is 0 Å². The molecule has 0 aromatic rings. The number of nitrogens with zero attached hydrogens (tertiary/aromatic N) is 1. The van der Waals surface area contributed by atoms with Crippen LogP contribution < -0.4 is 11.1 Å². The largest absolute Gasteiger partial charge is 0.480 e. The van der Waals surface area contributed by atoms with Gasteiger partial charge in [0, 0.05) is 25.0 Å². The standard InChI is InChI=1S/C14H19N3O8S/c15-6(13(22)23)1-3-9(19)16-7(5-26)12(21)17-10(20)4-2-8(18)11(17)14(24)25/h6-7,11,26H,1-5,15H2,(H,16,19)(H,22,23)(H,24,25)/t6?,7?,11-/m0/s1. The SMILES string of the molecule is NC(CCC(=O)NC(CS)C(=O)N1C(=O)CCC(=O)[C@H]1C(=O)O)C(=O)O. The molecule has 3 amide bonds. The zero-order valence-electron chi connectivity index (χ0n) is 13.6. The maximum absolute atomic E-state index is 12.5. The summed E-state index contributed by atoms with van der Waals surface area (Å²) >= 11 is 3.90. The summed E-state index contributed by atoms with van der Waals surface area (Å²) in [6.07, 6.45) is -1.09. The number of imide groups is 1. The number of nitrogens with one attached hydrogen (secondary N) is 1. The van der Waals surface area contributed by atoms with E-state index in [0.29, 0.717) is 4.90 Å². The first kappa shape index (κ1) is 21.6. The Bertz CT molecular complexity index is 638. The Morgan fingerprint density at radius 3 is 2.35 bits per heavy atom. The Morgan fingerprint density at radius 1 is 1.23 bits per heavy atom. The first-order valence-corrected chi connectivity index (χ1v) is 8.23. The molecule has 2 unspecified atom stereocenters. The number of aliphatic carboxylic acids is 2. The molecule has 1 heterocycles. The molecule has 0 aliphatic carbocycles. The van der Waals surface area contributed by atoms with Crippen LogP contribution in [0.15, 0.2) is 0 Å². The van der Waals surface area contributed by atoms with E-state index >= 15 is 0 Å². The van der Waals surface area contributed by atoms with Crippen LogP contribution in [0.4, 0.5) is 0 Å². The second-order valence-corrected chi connectivity index (χ2v) is 5.96. The van der Waals surface area contributed by atoms with E-state index in [9.17, 15) is 28.8 Å². The van der Waals surface area contributed by atoms with Crippen LogP contribution in [-0.2, 0) is 28.8 Å². The lowest BCUT2D eigenvalue weighted by Gasteiger charge is -2.32. The number of nitrogens with two attached hydrogens (primary N) is 1. The molecule has 0 aromatic carbocycles. The summed E-state index contributed by atoms with van der Waals surface area (Å²) in [6.45, 7) is 0. The highest BCUT2D eigenvalue weighted by Crippen LogP contribution is 2.17. The van der Waals surface area contributed by atoms with Gasteiger partial charge in [-0.1, -0.05) is 0 Å².